The number of aliphatic hydroxyl groups is 1. The average molecular weight is 478 g/mol. The molecule has 34 heavy (non-hydrogen) atoms. The van der Waals surface area contributed by atoms with E-state index in [1.165, 1.54) is 6.07 Å². The number of anilines is 1. The summed E-state index contributed by atoms with van der Waals surface area (Å²) in [5, 5.41) is 20.3. The minimum Gasteiger partial charge on any atom is -0.385 e. The van der Waals surface area contributed by atoms with Crippen LogP contribution in [-0.2, 0) is 11.2 Å². The second-order valence-corrected chi connectivity index (χ2v) is 9.24. The molecule has 9 heteroatoms. The molecule has 4 nitrogen and oxygen atoms in total. The van der Waals surface area contributed by atoms with E-state index in [2.05, 4.69) is 0 Å². The van der Waals surface area contributed by atoms with Gasteiger partial charge < -0.3 is 14.7 Å². The highest BCUT2D eigenvalue weighted by atomic mass is 19.2. The number of nitrogens with zero attached hydrogens (tertiary/aromatic N) is 2. The van der Waals surface area contributed by atoms with Crippen LogP contribution in [-0.4, -0.2) is 43.3 Å². The van der Waals surface area contributed by atoms with Crippen LogP contribution in [0.15, 0.2) is 18.2 Å². The Kier molecular flexibility index (Phi) is 5.77. The first-order valence-corrected chi connectivity index (χ1v) is 11.3. The first-order chi connectivity index (χ1) is 16.2. The monoisotopic (exact) mass is 478 g/mol. The van der Waals surface area contributed by atoms with Gasteiger partial charge in [-0.3, -0.25) is 0 Å². The van der Waals surface area contributed by atoms with Crippen molar-refractivity contribution < 1.29 is 31.8 Å². The van der Waals surface area contributed by atoms with E-state index in [4.69, 9.17) is 4.74 Å². The molecule has 3 aliphatic rings. The maximum Gasteiger partial charge on any atom is 0.157 e. The van der Waals surface area contributed by atoms with E-state index in [0.717, 1.165) is 12.1 Å². The highest BCUT2D eigenvalue weighted by molar-refractivity contribution is 5.66. The normalized spacial score (nSPS) is 30.6. The van der Waals surface area contributed by atoms with E-state index >= 15 is 4.39 Å². The molecule has 2 aromatic rings. The fraction of sp³-hybridized carbons (Fsp3) is 0.480. The molecule has 0 spiro atoms. The summed E-state index contributed by atoms with van der Waals surface area (Å²) in [6.45, 7) is 2.84. The van der Waals surface area contributed by atoms with Crippen molar-refractivity contribution in [1.82, 2.24) is 0 Å². The fourth-order valence-electron chi connectivity index (χ4n) is 5.70. The summed E-state index contributed by atoms with van der Waals surface area (Å²) in [5.74, 6) is -2.60. The molecule has 2 aromatic carbocycles. The van der Waals surface area contributed by atoms with E-state index in [1.54, 1.807) is 4.90 Å². The number of nitriles is 1. The number of halogens is 5. The van der Waals surface area contributed by atoms with Gasteiger partial charge in [-0.05, 0) is 53.8 Å². The van der Waals surface area contributed by atoms with Gasteiger partial charge >= 0.3 is 0 Å². The number of benzene rings is 2. The summed E-state index contributed by atoms with van der Waals surface area (Å²) in [7, 11) is 0. The molecule has 0 unspecified atom stereocenters. The number of rotatable bonds is 2. The van der Waals surface area contributed by atoms with Gasteiger partial charge in [0.25, 0.3) is 0 Å². The van der Waals surface area contributed by atoms with Gasteiger partial charge in [0.15, 0.2) is 6.17 Å². The van der Waals surface area contributed by atoms with Crippen molar-refractivity contribution in [2.45, 2.75) is 56.3 Å². The Morgan fingerprint density at radius 3 is 2.56 bits per heavy atom. The van der Waals surface area contributed by atoms with E-state index < -0.39 is 48.6 Å². The van der Waals surface area contributed by atoms with Crippen molar-refractivity contribution in [2.75, 3.05) is 24.7 Å². The molecule has 1 N–H and O–H groups in total. The van der Waals surface area contributed by atoms with Gasteiger partial charge in [0.05, 0.1) is 30.5 Å². The van der Waals surface area contributed by atoms with E-state index in [-0.39, 0.29) is 46.0 Å². The molecule has 0 radical (unpaired) electrons. The van der Waals surface area contributed by atoms with Crippen LogP contribution in [0.3, 0.4) is 0 Å². The van der Waals surface area contributed by atoms with Crippen LogP contribution in [0.25, 0.3) is 0 Å². The third-order valence-corrected chi connectivity index (χ3v) is 7.23. The molecule has 6 atom stereocenters. The Morgan fingerprint density at radius 2 is 1.85 bits per heavy atom. The average Bonchev–Trinajstić information content (AvgIpc) is 3.10. The third-order valence-electron chi connectivity index (χ3n) is 7.23. The van der Waals surface area contributed by atoms with Crippen molar-refractivity contribution in [1.29, 1.82) is 5.26 Å². The van der Waals surface area contributed by atoms with E-state index in [0.29, 0.717) is 25.3 Å². The van der Waals surface area contributed by atoms with Gasteiger partial charge in [0, 0.05) is 30.5 Å². The quantitative estimate of drug-likeness (QED) is 0.626. The Balaban J connectivity index is 1.74. The molecule has 180 valence electrons. The highest BCUT2D eigenvalue weighted by Gasteiger charge is 2.44. The summed E-state index contributed by atoms with van der Waals surface area (Å²) >= 11 is 0. The predicted molar refractivity (Wildman–Crippen MR) is 114 cm³/mol. The molecule has 0 amide bonds. The van der Waals surface area contributed by atoms with Gasteiger partial charge in [-0.2, -0.15) is 5.26 Å². The lowest BCUT2D eigenvalue weighted by Gasteiger charge is -2.38. The van der Waals surface area contributed by atoms with Crippen molar-refractivity contribution >= 4 is 5.69 Å². The number of morpholine rings is 1. The molecule has 1 fully saturated rings. The van der Waals surface area contributed by atoms with Crippen molar-refractivity contribution in [3.8, 4) is 6.07 Å². The lowest BCUT2D eigenvalue weighted by Crippen LogP contribution is -2.44. The van der Waals surface area contributed by atoms with Gasteiger partial charge in [0.1, 0.15) is 30.1 Å². The molecule has 1 heterocycles. The molecule has 1 saturated heterocycles. The van der Waals surface area contributed by atoms with Crippen molar-refractivity contribution in [3.63, 3.8) is 0 Å². The standard InChI is InChI=1S/C25H23F5N2O2/c1-11-10-34-3-2-32(11)24-19(28)6-14(16-8-20(29)25(33)22(16)24)15-7-18(27)23(30)17-5-13(26)4-12(9-31)21(15)17/h4-6,11,15,18,20,23,25,33H,2-3,7-8,10H2,1H3/t11-,15-,18+,20-,23-,25-/m1/s1. The SMILES string of the molecule is C[C@@H]1COCCN1c1c(F)cc([C@H]2C[C@H](F)[C@H](F)c3cc(F)cc(C#N)c32)c2c1[C@H](O)[C@H](F)C2. The minimum absolute atomic E-state index is 0.0798. The maximum atomic E-state index is 15.7. The predicted octanol–water partition coefficient (Wildman–Crippen LogP) is 4.87. The Morgan fingerprint density at radius 1 is 1.09 bits per heavy atom. The molecular formula is C25H23F5N2O2. The number of hydrogen-bond donors (Lipinski definition) is 1. The maximum absolute atomic E-state index is 15.7. The van der Waals surface area contributed by atoms with Crippen LogP contribution in [0.2, 0.25) is 0 Å². The zero-order valence-electron chi connectivity index (χ0n) is 18.4. The number of hydrogen-bond acceptors (Lipinski definition) is 4. The summed E-state index contributed by atoms with van der Waals surface area (Å²) < 4.78 is 79.5. The first kappa shape index (κ1) is 23.1. The summed E-state index contributed by atoms with van der Waals surface area (Å²) in [6, 6.07) is 4.57. The molecule has 0 saturated carbocycles. The molecule has 1 aliphatic heterocycles. The molecule has 2 aliphatic carbocycles. The number of alkyl halides is 3. The summed E-state index contributed by atoms with van der Waals surface area (Å²) in [6.07, 6.45) is -8.09. The lowest BCUT2D eigenvalue weighted by molar-refractivity contribution is 0.0889. The molecule has 5 rings (SSSR count). The highest BCUT2D eigenvalue weighted by Crippen LogP contribution is 2.51. The third kappa shape index (κ3) is 3.46. The smallest absolute Gasteiger partial charge is 0.157 e. The van der Waals surface area contributed by atoms with Crippen LogP contribution in [0.4, 0.5) is 27.6 Å². The second kappa shape index (κ2) is 8.51. The van der Waals surface area contributed by atoms with Crippen LogP contribution in [0.1, 0.15) is 64.9 Å². The number of aliphatic hydroxyl groups excluding tert-OH is 1. The van der Waals surface area contributed by atoms with Gasteiger partial charge in [-0.25, -0.2) is 22.0 Å². The minimum atomic E-state index is -2.14. The second-order valence-electron chi connectivity index (χ2n) is 9.24. The zero-order valence-corrected chi connectivity index (χ0v) is 18.4. The summed E-state index contributed by atoms with van der Waals surface area (Å²) in [4.78, 5) is 1.73. The Hall–Kier alpha value is -2.70. The lowest BCUT2D eigenvalue weighted by atomic mass is 9.73. The largest absolute Gasteiger partial charge is 0.385 e. The first-order valence-electron chi connectivity index (χ1n) is 11.3. The van der Waals surface area contributed by atoms with Gasteiger partial charge in [-0.1, -0.05) is 0 Å². The zero-order chi connectivity index (χ0) is 24.3. The van der Waals surface area contributed by atoms with Crippen LogP contribution in [0, 0.1) is 23.0 Å². The van der Waals surface area contributed by atoms with Crippen molar-refractivity contribution in [2.24, 2.45) is 0 Å². The number of ether oxygens (including phenoxy) is 1. The Bertz CT molecular complexity index is 1180. The van der Waals surface area contributed by atoms with Crippen molar-refractivity contribution in [3.05, 3.63) is 63.2 Å². The van der Waals surface area contributed by atoms with Crippen LogP contribution >= 0.6 is 0 Å². The topological polar surface area (TPSA) is 56.5 Å². The van der Waals surface area contributed by atoms with Crippen LogP contribution in [0.5, 0.6) is 0 Å². The number of fused-ring (bicyclic) bond motifs is 2. The van der Waals surface area contributed by atoms with Gasteiger partial charge in [-0.15, -0.1) is 0 Å². The van der Waals surface area contributed by atoms with E-state index in [9.17, 15) is 27.9 Å². The molecular weight excluding hydrogens is 455 g/mol. The molecule has 0 aromatic heterocycles. The Labute approximate surface area is 193 Å². The fourth-order valence-corrected chi connectivity index (χ4v) is 5.70. The van der Waals surface area contributed by atoms with Crippen LogP contribution < -0.4 is 4.90 Å². The summed E-state index contributed by atoms with van der Waals surface area (Å²) in [5.41, 5.74) is 0.296. The van der Waals surface area contributed by atoms with E-state index in [1.807, 2.05) is 13.0 Å². The molecule has 0 bridgehead atoms. The van der Waals surface area contributed by atoms with Gasteiger partial charge in [0.2, 0.25) is 0 Å².